The molecule has 0 saturated heterocycles. The highest BCUT2D eigenvalue weighted by Crippen LogP contribution is 2.43. The lowest BCUT2D eigenvalue weighted by Crippen LogP contribution is -1.98. The highest BCUT2D eigenvalue weighted by atomic mass is 79.9. The van der Waals surface area contributed by atoms with Gasteiger partial charge in [0.15, 0.2) is 11.4 Å². The van der Waals surface area contributed by atoms with E-state index in [0.29, 0.717) is 12.8 Å². The van der Waals surface area contributed by atoms with Crippen LogP contribution in [-0.2, 0) is 9.59 Å². The number of hydrogen-bond donors (Lipinski definition) is 2. The van der Waals surface area contributed by atoms with Gasteiger partial charge in [0.25, 0.3) is 11.8 Å². The fourth-order valence-electron chi connectivity index (χ4n) is 5.15. The molecule has 4 rings (SSSR count). The highest BCUT2D eigenvalue weighted by Gasteiger charge is 2.20. The third-order valence-electron chi connectivity index (χ3n) is 7.16. The normalized spacial score (nSPS) is 12.3. The molecule has 2 N–H and O–H groups in total. The van der Waals surface area contributed by atoms with Gasteiger partial charge in [0.2, 0.25) is 11.8 Å². The molecule has 0 bridgehead atoms. The van der Waals surface area contributed by atoms with E-state index in [0.717, 1.165) is 50.0 Å². The number of carbonyl (C=O) groups excluding carboxylic acids is 2. The number of hydrogen-bond acceptors (Lipinski definition) is 6. The first kappa shape index (κ1) is 32.5. The molecule has 0 unspecified atom stereocenters. The molecule has 10 nitrogen and oxygen atoms in total. The van der Waals surface area contributed by atoms with Crippen LogP contribution >= 0.6 is 31.9 Å². The molecule has 2 aromatic heterocycles. The summed E-state index contributed by atoms with van der Waals surface area (Å²) in [5.41, 5.74) is 2.22. The third kappa shape index (κ3) is 7.59. The molecule has 0 fully saturated rings. The third-order valence-corrected chi connectivity index (χ3v) is 8.15. The van der Waals surface area contributed by atoms with E-state index in [2.05, 4.69) is 52.3 Å². The van der Waals surface area contributed by atoms with Crippen molar-refractivity contribution in [2.24, 2.45) is 20.5 Å². The van der Waals surface area contributed by atoms with Gasteiger partial charge in [-0.15, -0.1) is 20.5 Å². The van der Waals surface area contributed by atoms with Crippen LogP contribution in [0.15, 0.2) is 65.8 Å². The zero-order valence-electron chi connectivity index (χ0n) is 24.7. The summed E-state index contributed by atoms with van der Waals surface area (Å²) in [5.74, 6) is -0.712. The number of halogens is 2. The van der Waals surface area contributed by atoms with Crippen molar-refractivity contribution >= 4 is 76.9 Å². The Morgan fingerprint density at radius 3 is 1.42 bits per heavy atom. The molecule has 12 heteroatoms. The van der Waals surface area contributed by atoms with Gasteiger partial charge in [0, 0.05) is 44.6 Å². The molecule has 0 aliphatic carbocycles. The Balaban J connectivity index is 1.22. The van der Waals surface area contributed by atoms with Crippen LogP contribution in [0.4, 0.5) is 11.4 Å². The van der Waals surface area contributed by atoms with Crippen LogP contribution in [-0.4, -0.2) is 31.2 Å². The molecule has 43 heavy (non-hydrogen) atoms. The molecule has 0 spiro atoms. The molecule has 0 aliphatic rings. The Morgan fingerprint density at radius 2 is 1.05 bits per heavy atom. The number of unbranched alkanes of at least 4 members (excludes halogenated alkanes) is 4. The molecule has 0 saturated carbocycles. The average Bonchev–Trinajstić information content (AvgIpc) is 3.38. The van der Waals surface area contributed by atoms with Crippen molar-refractivity contribution in [3.63, 3.8) is 0 Å². The largest absolute Gasteiger partial charge is 0.493 e. The maximum atomic E-state index is 12.4. The summed E-state index contributed by atoms with van der Waals surface area (Å²) >= 11 is 6.90. The molecular formula is C31H36Br2N6O4. The Morgan fingerprint density at radius 1 is 0.674 bits per heavy atom. The van der Waals surface area contributed by atoms with E-state index in [9.17, 15) is 19.8 Å². The minimum atomic E-state index is -0.343. The summed E-state index contributed by atoms with van der Waals surface area (Å²) in [6.45, 7) is 7.86. The minimum absolute atomic E-state index is 0.00982. The second-order valence-electron chi connectivity index (χ2n) is 11.1. The first-order chi connectivity index (χ1) is 20.5. The Bertz CT molecular complexity index is 1580. The van der Waals surface area contributed by atoms with Crippen LogP contribution in [0.1, 0.15) is 84.7 Å². The molecule has 228 valence electrons. The van der Waals surface area contributed by atoms with Crippen molar-refractivity contribution < 1.29 is 19.8 Å². The predicted molar refractivity (Wildman–Crippen MR) is 175 cm³/mol. The number of aromatic nitrogens is 2. The maximum absolute atomic E-state index is 12.4. The van der Waals surface area contributed by atoms with Gasteiger partial charge in [-0.25, -0.2) is 0 Å². The molecular weight excluding hydrogens is 680 g/mol. The van der Waals surface area contributed by atoms with Gasteiger partial charge in [0.05, 0.1) is 11.0 Å². The number of aromatic hydroxyl groups is 2. The van der Waals surface area contributed by atoms with Crippen LogP contribution in [0.25, 0.3) is 21.8 Å². The van der Waals surface area contributed by atoms with Crippen molar-refractivity contribution in [3.05, 3.63) is 45.3 Å². The lowest BCUT2D eigenvalue weighted by molar-refractivity contribution is -0.119. The van der Waals surface area contributed by atoms with Crippen LogP contribution in [0.5, 0.6) is 11.8 Å². The van der Waals surface area contributed by atoms with Gasteiger partial charge in [-0.3, -0.25) is 9.59 Å². The fourth-order valence-corrected chi connectivity index (χ4v) is 5.87. The summed E-state index contributed by atoms with van der Waals surface area (Å²) in [6.07, 6.45) is 4.33. The number of fused-ring (bicyclic) bond motifs is 2. The Labute approximate surface area is 267 Å². The maximum Gasteiger partial charge on any atom is 0.264 e. The van der Waals surface area contributed by atoms with E-state index < -0.39 is 0 Å². The SMILES string of the molecule is CC(C)n1c(O)c(N=NC(=O)CCCCCCCC(=O)N=Nc2c(O)n(C(C)C)c3ccc(Br)cc23)c2cc(Br)ccc21. The molecule has 0 aliphatic heterocycles. The Kier molecular flexibility index (Phi) is 10.9. The molecule has 2 amide bonds. The standard InChI is InChI=1S/C31H36Br2N6O4/c1-18(2)38-24-14-12-20(32)16-22(24)28(30(38)42)36-34-26(40)10-8-6-5-7-9-11-27(41)35-37-29-23-17-21(33)13-15-25(23)39(19(3)4)31(29)43/h12-19,42-43H,5-11H2,1-4H3. The topological polar surface area (TPSA) is 134 Å². The monoisotopic (exact) mass is 714 g/mol. The summed E-state index contributed by atoms with van der Waals surface area (Å²) < 4.78 is 5.22. The van der Waals surface area contributed by atoms with E-state index in [4.69, 9.17) is 0 Å². The second kappa shape index (κ2) is 14.4. The average molecular weight is 716 g/mol. The second-order valence-corrected chi connectivity index (χ2v) is 12.9. The zero-order chi connectivity index (χ0) is 31.3. The predicted octanol–water partition coefficient (Wildman–Crippen LogP) is 10.3. The number of carbonyl (C=O) groups is 2. The summed E-state index contributed by atoms with van der Waals surface area (Å²) in [7, 11) is 0. The summed E-state index contributed by atoms with van der Waals surface area (Å²) in [5, 5.41) is 38.8. The van der Waals surface area contributed by atoms with Gasteiger partial charge in [0.1, 0.15) is 0 Å². The van der Waals surface area contributed by atoms with Crippen molar-refractivity contribution in [2.75, 3.05) is 0 Å². The fraction of sp³-hybridized carbons (Fsp3) is 0.419. The number of amides is 2. The van der Waals surface area contributed by atoms with E-state index >= 15 is 0 Å². The van der Waals surface area contributed by atoms with Gasteiger partial charge >= 0.3 is 0 Å². The number of azo groups is 2. The van der Waals surface area contributed by atoms with Gasteiger partial charge in [-0.1, -0.05) is 51.1 Å². The number of nitrogens with zero attached hydrogens (tertiary/aromatic N) is 6. The zero-order valence-corrected chi connectivity index (χ0v) is 27.9. The molecule has 2 heterocycles. The number of rotatable bonds is 12. The van der Waals surface area contributed by atoms with Crippen LogP contribution in [0.3, 0.4) is 0 Å². The lowest BCUT2D eigenvalue weighted by Gasteiger charge is -2.10. The first-order valence-electron chi connectivity index (χ1n) is 14.4. The molecule has 4 aromatic rings. The lowest BCUT2D eigenvalue weighted by atomic mass is 10.1. The Hall–Kier alpha value is -3.38. The highest BCUT2D eigenvalue weighted by molar-refractivity contribution is 9.10. The van der Waals surface area contributed by atoms with E-state index in [1.807, 2.05) is 64.1 Å². The van der Waals surface area contributed by atoms with Crippen molar-refractivity contribution in [1.29, 1.82) is 0 Å². The van der Waals surface area contributed by atoms with Crippen LogP contribution in [0.2, 0.25) is 0 Å². The molecule has 0 radical (unpaired) electrons. The van der Waals surface area contributed by atoms with E-state index in [-0.39, 0.29) is 59.9 Å². The molecule has 0 atom stereocenters. The quantitative estimate of drug-likeness (QED) is 0.111. The summed E-state index contributed by atoms with van der Waals surface area (Å²) in [6, 6.07) is 11.3. The van der Waals surface area contributed by atoms with Crippen molar-refractivity contribution in [1.82, 2.24) is 9.13 Å². The van der Waals surface area contributed by atoms with Crippen LogP contribution in [0, 0.1) is 0 Å². The smallest absolute Gasteiger partial charge is 0.264 e. The number of benzene rings is 2. The van der Waals surface area contributed by atoms with E-state index in [1.54, 1.807) is 9.13 Å². The van der Waals surface area contributed by atoms with Crippen LogP contribution < -0.4 is 0 Å². The minimum Gasteiger partial charge on any atom is -0.493 e. The van der Waals surface area contributed by atoms with Gasteiger partial charge in [-0.05, 0) is 76.9 Å². The molecule has 2 aromatic carbocycles. The van der Waals surface area contributed by atoms with Crippen molar-refractivity contribution in [2.45, 2.75) is 84.7 Å². The van der Waals surface area contributed by atoms with Crippen molar-refractivity contribution in [3.8, 4) is 11.8 Å². The van der Waals surface area contributed by atoms with Gasteiger partial charge in [-0.2, -0.15) is 0 Å². The van der Waals surface area contributed by atoms with Gasteiger partial charge < -0.3 is 19.3 Å². The van der Waals surface area contributed by atoms with E-state index in [1.165, 1.54) is 0 Å². The summed E-state index contributed by atoms with van der Waals surface area (Å²) in [4.78, 5) is 24.7. The first-order valence-corrected chi connectivity index (χ1v) is 16.0.